The molecule has 0 aromatic carbocycles. The van der Waals surface area contributed by atoms with Crippen LogP contribution in [0.5, 0.6) is 0 Å². The zero-order chi connectivity index (χ0) is 14.3. The number of nitrogens with two attached hydrogens (primary N) is 1. The summed E-state index contributed by atoms with van der Waals surface area (Å²) >= 11 is 0. The second kappa shape index (κ2) is 9.82. The van der Waals surface area contributed by atoms with Gasteiger partial charge in [-0.05, 0) is 39.0 Å². The van der Waals surface area contributed by atoms with Gasteiger partial charge < -0.3 is 15.8 Å². The highest BCUT2D eigenvalue weighted by atomic mass is 127. The van der Waals surface area contributed by atoms with E-state index in [4.69, 9.17) is 10.5 Å². The largest absolute Gasteiger partial charge is 0.373 e. The van der Waals surface area contributed by atoms with Crippen molar-refractivity contribution in [3.63, 3.8) is 0 Å². The molecule has 4 nitrogen and oxygen atoms in total. The van der Waals surface area contributed by atoms with E-state index in [1.807, 2.05) is 0 Å². The molecule has 2 unspecified atom stereocenters. The zero-order valence-electron chi connectivity index (χ0n) is 13.4. The molecule has 1 heterocycles. The minimum absolute atomic E-state index is 0. The summed E-state index contributed by atoms with van der Waals surface area (Å²) < 4.78 is 5.70. The van der Waals surface area contributed by atoms with Crippen molar-refractivity contribution in [2.45, 2.75) is 71.4 Å². The van der Waals surface area contributed by atoms with Gasteiger partial charge >= 0.3 is 0 Å². The Hall–Kier alpha value is -0.0400. The van der Waals surface area contributed by atoms with Crippen LogP contribution in [-0.2, 0) is 4.74 Å². The molecule has 3 N–H and O–H groups in total. The van der Waals surface area contributed by atoms with E-state index in [0.29, 0.717) is 18.5 Å². The molecule has 0 aliphatic carbocycles. The SMILES string of the molecule is CC(C)CCCC(C)NC(N)=NCC1(C)CCCO1.I. The normalized spacial score (nSPS) is 24.6. The van der Waals surface area contributed by atoms with E-state index in [0.717, 1.165) is 31.8 Å². The highest BCUT2D eigenvalue weighted by Crippen LogP contribution is 2.24. The Morgan fingerprint density at radius 3 is 2.60 bits per heavy atom. The second-order valence-corrected chi connectivity index (χ2v) is 6.47. The van der Waals surface area contributed by atoms with E-state index in [1.165, 1.54) is 12.8 Å². The van der Waals surface area contributed by atoms with Crippen LogP contribution in [0.1, 0.15) is 59.8 Å². The van der Waals surface area contributed by atoms with E-state index in [-0.39, 0.29) is 29.6 Å². The minimum atomic E-state index is -0.104. The quantitative estimate of drug-likeness (QED) is 0.394. The summed E-state index contributed by atoms with van der Waals surface area (Å²) in [6.07, 6.45) is 5.86. The Morgan fingerprint density at radius 2 is 2.05 bits per heavy atom. The Morgan fingerprint density at radius 1 is 1.35 bits per heavy atom. The molecule has 120 valence electrons. The van der Waals surface area contributed by atoms with Crippen LogP contribution in [0.4, 0.5) is 0 Å². The van der Waals surface area contributed by atoms with Crippen molar-refractivity contribution in [2.24, 2.45) is 16.6 Å². The van der Waals surface area contributed by atoms with Gasteiger partial charge in [0.15, 0.2) is 5.96 Å². The van der Waals surface area contributed by atoms with Gasteiger partial charge in [0.25, 0.3) is 0 Å². The number of rotatable bonds is 7. The Labute approximate surface area is 141 Å². The van der Waals surface area contributed by atoms with Crippen molar-refractivity contribution in [2.75, 3.05) is 13.2 Å². The topological polar surface area (TPSA) is 59.6 Å². The van der Waals surface area contributed by atoms with E-state index < -0.39 is 0 Å². The zero-order valence-corrected chi connectivity index (χ0v) is 15.8. The Kier molecular flexibility index (Phi) is 9.80. The van der Waals surface area contributed by atoms with Crippen molar-refractivity contribution in [1.82, 2.24) is 5.32 Å². The average Bonchev–Trinajstić information content (AvgIpc) is 2.74. The fourth-order valence-electron chi connectivity index (χ4n) is 2.42. The Bertz CT molecular complexity index is 289. The Balaban J connectivity index is 0.00000361. The molecule has 0 amide bonds. The lowest BCUT2D eigenvalue weighted by molar-refractivity contribution is 0.0284. The molecular weight excluding hydrogens is 365 g/mol. The predicted molar refractivity (Wildman–Crippen MR) is 96.8 cm³/mol. The first kappa shape index (κ1) is 20.0. The lowest BCUT2D eigenvalue weighted by atomic mass is 10.0. The summed E-state index contributed by atoms with van der Waals surface area (Å²) in [7, 11) is 0. The molecule has 0 bridgehead atoms. The third kappa shape index (κ3) is 8.29. The molecule has 0 aromatic rings. The molecular formula is C15H32IN3O. The molecule has 20 heavy (non-hydrogen) atoms. The summed E-state index contributed by atoms with van der Waals surface area (Å²) in [5.74, 6) is 1.33. The molecule has 2 atom stereocenters. The van der Waals surface area contributed by atoms with Gasteiger partial charge in [0.2, 0.25) is 0 Å². The van der Waals surface area contributed by atoms with Gasteiger partial charge in [0.05, 0.1) is 12.1 Å². The average molecular weight is 397 g/mol. The van der Waals surface area contributed by atoms with Gasteiger partial charge in [-0.3, -0.25) is 4.99 Å². The second-order valence-electron chi connectivity index (χ2n) is 6.47. The van der Waals surface area contributed by atoms with Gasteiger partial charge in [-0.25, -0.2) is 0 Å². The molecule has 0 radical (unpaired) electrons. The minimum Gasteiger partial charge on any atom is -0.373 e. The fourth-order valence-corrected chi connectivity index (χ4v) is 2.42. The number of nitrogens with one attached hydrogen (secondary N) is 1. The van der Waals surface area contributed by atoms with Crippen LogP contribution in [0.15, 0.2) is 4.99 Å². The van der Waals surface area contributed by atoms with Gasteiger partial charge in [0.1, 0.15) is 0 Å². The summed E-state index contributed by atoms with van der Waals surface area (Å²) in [4.78, 5) is 4.42. The highest BCUT2D eigenvalue weighted by Gasteiger charge is 2.29. The van der Waals surface area contributed by atoms with E-state index >= 15 is 0 Å². The van der Waals surface area contributed by atoms with Crippen molar-refractivity contribution in [1.29, 1.82) is 0 Å². The van der Waals surface area contributed by atoms with Gasteiger partial charge in [-0.1, -0.05) is 26.7 Å². The third-order valence-electron chi connectivity index (χ3n) is 3.70. The molecule has 0 saturated carbocycles. The van der Waals surface area contributed by atoms with Gasteiger partial charge in [-0.2, -0.15) is 0 Å². The maximum atomic E-state index is 5.93. The molecule has 5 heteroatoms. The van der Waals surface area contributed by atoms with Crippen molar-refractivity contribution in [3.05, 3.63) is 0 Å². The lowest BCUT2D eigenvalue weighted by Gasteiger charge is -2.21. The van der Waals surface area contributed by atoms with Crippen LogP contribution in [0.3, 0.4) is 0 Å². The number of ether oxygens (including phenoxy) is 1. The van der Waals surface area contributed by atoms with E-state index in [1.54, 1.807) is 0 Å². The molecule has 1 aliphatic rings. The highest BCUT2D eigenvalue weighted by molar-refractivity contribution is 14.0. The smallest absolute Gasteiger partial charge is 0.188 e. The van der Waals surface area contributed by atoms with E-state index in [2.05, 4.69) is 38.0 Å². The van der Waals surface area contributed by atoms with Crippen molar-refractivity contribution < 1.29 is 4.74 Å². The van der Waals surface area contributed by atoms with Crippen LogP contribution in [-0.4, -0.2) is 30.8 Å². The maximum absolute atomic E-state index is 5.93. The van der Waals surface area contributed by atoms with Crippen LogP contribution < -0.4 is 11.1 Å². The molecule has 1 aliphatic heterocycles. The molecule has 0 spiro atoms. The number of halogens is 1. The lowest BCUT2D eigenvalue weighted by Crippen LogP contribution is -2.40. The summed E-state index contributed by atoms with van der Waals surface area (Å²) in [6.45, 7) is 10.3. The number of aliphatic imine (C=N–C) groups is 1. The van der Waals surface area contributed by atoms with E-state index in [9.17, 15) is 0 Å². The van der Waals surface area contributed by atoms with Crippen molar-refractivity contribution >= 4 is 29.9 Å². The number of nitrogens with zero attached hydrogens (tertiary/aromatic N) is 1. The molecule has 1 saturated heterocycles. The van der Waals surface area contributed by atoms with Crippen LogP contribution in [0.2, 0.25) is 0 Å². The number of hydrogen-bond donors (Lipinski definition) is 2. The molecule has 1 rings (SSSR count). The predicted octanol–water partition coefficient (Wildman–Crippen LogP) is 3.29. The summed E-state index contributed by atoms with van der Waals surface area (Å²) in [5.41, 5.74) is 5.82. The molecule has 1 fully saturated rings. The first-order chi connectivity index (χ1) is 8.91. The third-order valence-corrected chi connectivity index (χ3v) is 3.70. The first-order valence-electron chi connectivity index (χ1n) is 7.62. The van der Waals surface area contributed by atoms with Crippen molar-refractivity contribution in [3.8, 4) is 0 Å². The fraction of sp³-hybridized carbons (Fsp3) is 0.933. The van der Waals surface area contributed by atoms with Gasteiger partial charge in [-0.15, -0.1) is 24.0 Å². The summed E-state index contributed by atoms with van der Waals surface area (Å²) in [5, 5.41) is 3.27. The van der Waals surface area contributed by atoms with Crippen LogP contribution >= 0.6 is 24.0 Å². The number of guanidine groups is 1. The standard InChI is InChI=1S/C15H31N3O.HI/c1-12(2)7-5-8-13(3)18-14(16)17-11-15(4)9-6-10-19-15;/h12-13H,5-11H2,1-4H3,(H3,16,17,18);1H. The molecule has 0 aromatic heterocycles. The number of hydrogen-bond acceptors (Lipinski definition) is 2. The maximum Gasteiger partial charge on any atom is 0.188 e. The first-order valence-corrected chi connectivity index (χ1v) is 7.62. The van der Waals surface area contributed by atoms with Crippen LogP contribution in [0, 0.1) is 5.92 Å². The summed E-state index contributed by atoms with van der Waals surface area (Å²) in [6, 6.07) is 0.389. The van der Waals surface area contributed by atoms with Crippen LogP contribution in [0.25, 0.3) is 0 Å². The monoisotopic (exact) mass is 397 g/mol. The van der Waals surface area contributed by atoms with Gasteiger partial charge in [0, 0.05) is 12.6 Å².